The molecule has 2 aromatic carbocycles. The first-order chi connectivity index (χ1) is 18.8. The Morgan fingerprint density at radius 3 is 2.27 bits per heavy atom. The van der Waals surface area contributed by atoms with E-state index in [0.29, 0.717) is 17.3 Å². The maximum absolute atomic E-state index is 14.6. The molecule has 0 aromatic heterocycles. The molecule has 2 atom stereocenters. The fourth-order valence-corrected chi connectivity index (χ4v) is 5.26. The number of hydrogen-bond acceptors (Lipinski definition) is 6. The lowest BCUT2D eigenvalue weighted by Gasteiger charge is -2.41. The summed E-state index contributed by atoms with van der Waals surface area (Å²) in [5.74, 6) is -1.03. The summed E-state index contributed by atoms with van der Waals surface area (Å²) < 4.78 is 31.9. The molecule has 0 spiro atoms. The minimum atomic E-state index is -2.26. The molecule has 2 rings (SSSR count). The Kier molecular flexibility index (Phi) is 11.8. The van der Waals surface area contributed by atoms with Crippen LogP contribution in [0.1, 0.15) is 65.7 Å². The van der Waals surface area contributed by atoms with Crippen LogP contribution in [0.25, 0.3) is 0 Å². The van der Waals surface area contributed by atoms with Crippen molar-refractivity contribution in [2.75, 3.05) is 25.5 Å². The lowest BCUT2D eigenvalue weighted by molar-refractivity contribution is -0.139. The number of carbonyl (C=O) groups is 2. The van der Waals surface area contributed by atoms with E-state index in [9.17, 15) is 14.0 Å². The summed E-state index contributed by atoms with van der Waals surface area (Å²) in [4.78, 5) is 26.7. The number of nitrogens with zero attached hydrogens (tertiary/aromatic N) is 1. The van der Waals surface area contributed by atoms with E-state index < -0.39 is 37.9 Å². The molecule has 0 saturated heterocycles. The molecule has 1 N–H and O–H groups in total. The van der Waals surface area contributed by atoms with Crippen LogP contribution in [-0.2, 0) is 25.1 Å². The number of ether oxygens (including phenoxy) is 2. The zero-order valence-electron chi connectivity index (χ0n) is 26.1. The van der Waals surface area contributed by atoms with Crippen LogP contribution in [-0.4, -0.2) is 57.1 Å². The third-order valence-electron chi connectivity index (χ3n) is 7.20. The van der Waals surface area contributed by atoms with Gasteiger partial charge in [0.05, 0.1) is 26.2 Å². The van der Waals surface area contributed by atoms with Gasteiger partial charge in [-0.05, 0) is 81.2 Å². The second-order valence-corrected chi connectivity index (χ2v) is 18.0. The average Bonchev–Trinajstić information content (AvgIpc) is 2.84. The van der Waals surface area contributed by atoms with Crippen LogP contribution in [0.3, 0.4) is 0 Å². The number of benzene rings is 2. The summed E-state index contributed by atoms with van der Waals surface area (Å²) in [7, 11) is -0.995. The van der Waals surface area contributed by atoms with Gasteiger partial charge in [-0.1, -0.05) is 50.6 Å². The number of rotatable bonds is 11. The van der Waals surface area contributed by atoms with Crippen LogP contribution in [0.15, 0.2) is 42.5 Å². The predicted octanol–water partition coefficient (Wildman–Crippen LogP) is 8.00. The number of carbonyl (C=O) groups excluding carboxylic acids is 2. The molecule has 228 valence electrons. The summed E-state index contributed by atoms with van der Waals surface area (Å²) in [5.41, 5.74) is 0.945. The van der Waals surface area contributed by atoms with Gasteiger partial charge in [-0.3, -0.25) is 4.79 Å². The van der Waals surface area contributed by atoms with Crippen molar-refractivity contribution in [2.45, 2.75) is 90.8 Å². The molecule has 0 fully saturated rings. The van der Waals surface area contributed by atoms with Crippen molar-refractivity contribution in [2.24, 2.45) is 0 Å². The number of anilines is 1. The van der Waals surface area contributed by atoms with Gasteiger partial charge in [0.2, 0.25) is 0 Å². The molecule has 0 heterocycles. The number of amides is 1. The molecule has 10 heteroatoms. The van der Waals surface area contributed by atoms with E-state index in [2.05, 4.69) is 43.9 Å². The Morgan fingerprint density at radius 2 is 1.73 bits per heavy atom. The molecule has 0 aliphatic carbocycles. The Balaban J connectivity index is 2.36. The molecule has 7 nitrogen and oxygen atoms in total. The van der Waals surface area contributed by atoms with Crippen molar-refractivity contribution >= 4 is 37.7 Å². The van der Waals surface area contributed by atoms with Crippen molar-refractivity contribution in [1.82, 2.24) is 4.90 Å². The van der Waals surface area contributed by atoms with Gasteiger partial charge in [0.15, 0.2) is 8.32 Å². The zero-order chi connectivity index (χ0) is 31.2. The highest BCUT2D eigenvalue weighted by Gasteiger charge is 2.41. The van der Waals surface area contributed by atoms with E-state index in [1.807, 2.05) is 52.0 Å². The van der Waals surface area contributed by atoms with Crippen molar-refractivity contribution in [3.8, 4) is 0 Å². The Morgan fingerprint density at radius 1 is 1.07 bits per heavy atom. The Hall–Kier alpha value is -2.62. The van der Waals surface area contributed by atoms with Crippen LogP contribution in [0.5, 0.6) is 0 Å². The van der Waals surface area contributed by atoms with Gasteiger partial charge in [0.25, 0.3) is 0 Å². The highest BCUT2D eigenvalue weighted by molar-refractivity contribution is 6.74. The van der Waals surface area contributed by atoms with Gasteiger partial charge < -0.3 is 24.1 Å². The summed E-state index contributed by atoms with van der Waals surface area (Å²) in [5, 5.41) is 3.74. The molecule has 0 aliphatic rings. The maximum Gasteiger partial charge on any atom is 0.410 e. The lowest BCUT2D eigenvalue weighted by Crippen LogP contribution is -2.49. The van der Waals surface area contributed by atoms with Crippen LogP contribution < -0.4 is 5.32 Å². The first kappa shape index (κ1) is 34.6. The third-order valence-corrected chi connectivity index (χ3v) is 11.9. The fourth-order valence-electron chi connectivity index (χ4n) is 3.79. The van der Waals surface area contributed by atoms with Crippen molar-refractivity contribution in [3.63, 3.8) is 0 Å². The van der Waals surface area contributed by atoms with Crippen molar-refractivity contribution in [3.05, 3.63) is 64.4 Å². The highest BCUT2D eigenvalue weighted by atomic mass is 35.5. The number of halogens is 2. The van der Waals surface area contributed by atoms with E-state index in [1.54, 1.807) is 17.0 Å². The molecule has 0 aliphatic heterocycles. The quantitative estimate of drug-likeness (QED) is 0.206. The lowest BCUT2D eigenvalue weighted by atomic mass is 10.1. The van der Waals surface area contributed by atoms with E-state index in [1.165, 1.54) is 13.2 Å². The average molecular weight is 609 g/mol. The smallest absolute Gasteiger partial charge is 0.410 e. The molecular weight excluding hydrogens is 563 g/mol. The molecule has 0 saturated carbocycles. The topological polar surface area (TPSA) is 77.1 Å². The second-order valence-electron chi connectivity index (χ2n) is 12.8. The molecule has 1 amide bonds. The second kappa shape index (κ2) is 14.0. The molecule has 0 radical (unpaired) electrons. The third kappa shape index (κ3) is 10.6. The molecule has 2 aromatic rings. The number of esters is 1. The van der Waals surface area contributed by atoms with E-state index >= 15 is 0 Å². The largest absolute Gasteiger partial charge is 0.469 e. The maximum atomic E-state index is 14.6. The number of hydrogen-bond donors (Lipinski definition) is 1. The van der Waals surface area contributed by atoms with Crippen molar-refractivity contribution < 1.29 is 27.9 Å². The van der Waals surface area contributed by atoms with Gasteiger partial charge in [0.1, 0.15) is 11.4 Å². The standard InChI is InChI=1S/C31H46ClFN2O5Si/c1-21(19-34-25-15-14-22(26(33)18-25)17-28(36)38-8)35(29(37)39-30(2,3)4)20-27(23-12-11-13-24(32)16-23)40-41(9,10)31(5,6)7/h11-16,18,21,27,34H,17,19-20H2,1-10H3. The van der Waals surface area contributed by atoms with Gasteiger partial charge in [0, 0.05) is 23.3 Å². The fraction of sp³-hybridized carbons (Fsp3) is 0.548. The van der Waals surface area contributed by atoms with E-state index in [0.717, 1.165) is 5.56 Å². The van der Waals surface area contributed by atoms with Crippen LogP contribution in [0.2, 0.25) is 23.2 Å². The number of methoxy groups -OCH3 is 1. The molecular formula is C31H46ClFN2O5Si. The molecule has 2 unspecified atom stereocenters. The predicted molar refractivity (Wildman–Crippen MR) is 165 cm³/mol. The first-order valence-electron chi connectivity index (χ1n) is 13.8. The van der Waals surface area contributed by atoms with Crippen LogP contribution >= 0.6 is 11.6 Å². The van der Waals surface area contributed by atoms with Gasteiger partial charge in [-0.25, -0.2) is 9.18 Å². The van der Waals surface area contributed by atoms with Gasteiger partial charge in [-0.15, -0.1) is 0 Å². The SMILES string of the molecule is COC(=O)Cc1ccc(NCC(C)N(CC(O[Si](C)(C)C(C)(C)C)c2cccc(Cl)c2)C(=O)OC(C)(C)C)cc1F. The highest BCUT2D eigenvalue weighted by Crippen LogP contribution is 2.40. The van der Waals surface area contributed by atoms with E-state index in [4.69, 9.17) is 20.8 Å². The zero-order valence-corrected chi connectivity index (χ0v) is 27.8. The van der Waals surface area contributed by atoms with Crippen LogP contribution in [0, 0.1) is 5.82 Å². The monoisotopic (exact) mass is 608 g/mol. The minimum Gasteiger partial charge on any atom is -0.469 e. The first-order valence-corrected chi connectivity index (χ1v) is 17.1. The van der Waals surface area contributed by atoms with Crippen LogP contribution in [0.4, 0.5) is 14.9 Å². The Labute approximate surface area is 250 Å². The summed E-state index contributed by atoms with van der Waals surface area (Å²) in [6, 6.07) is 11.7. The van der Waals surface area contributed by atoms with Gasteiger partial charge in [-0.2, -0.15) is 0 Å². The Bertz CT molecular complexity index is 1200. The van der Waals surface area contributed by atoms with Crippen molar-refractivity contribution in [1.29, 1.82) is 0 Å². The minimum absolute atomic E-state index is 0.0577. The normalized spacial score (nSPS) is 13.8. The summed E-state index contributed by atoms with van der Waals surface area (Å²) in [6.07, 6.45) is -1.07. The molecule has 41 heavy (non-hydrogen) atoms. The molecule has 0 bridgehead atoms. The summed E-state index contributed by atoms with van der Waals surface area (Å²) >= 11 is 6.36. The van der Waals surface area contributed by atoms with E-state index in [-0.39, 0.29) is 29.6 Å². The summed E-state index contributed by atoms with van der Waals surface area (Å²) in [6.45, 7) is 18.8. The van der Waals surface area contributed by atoms with Gasteiger partial charge >= 0.3 is 12.1 Å². The number of nitrogens with one attached hydrogen (secondary N) is 1.